The van der Waals surface area contributed by atoms with E-state index < -0.39 is 11.3 Å². The smallest absolute Gasteiger partial charge is 0.340 e. The van der Waals surface area contributed by atoms with Crippen LogP contribution in [0.1, 0.15) is 103 Å². The molecule has 302 valence electrons. The van der Waals surface area contributed by atoms with E-state index in [-0.39, 0.29) is 53.5 Å². The first-order valence-corrected chi connectivity index (χ1v) is 24.3. The molecule has 3 saturated carbocycles. The molecule has 6 aliphatic carbocycles. The number of ether oxygens (including phenoxy) is 2. The highest BCUT2D eigenvalue weighted by Gasteiger charge is 2.69. The predicted molar refractivity (Wildman–Crippen MR) is 221 cm³/mol. The van der Waals surface area contributed by atoms with Crippen LogP contribution in [0.15, 0.2) is 81.7 Å². The van der Waals surface area contributed by atoms with E-state index >= 15 is 0 Å². The van der Waals surface area contributed by atoms with Gasteiger partial charge in [0.25, 0.3) is 11.8 Å². The summed E-state index contributed by atoms with van der Waals surface area (Å²) in [5.74, 6) is 3.42. The SMILES string of the molecule is CCC1(C=C2OC(=O)C3=C2CCC2C4CCC5(C6=CCC(C7CCCCC7)CSSCNC7=CC(=CCN7)C(CN7C(=O)C=CC7=O)C4=C5C(=O)O6)C32)CCCC1. The van der Waals surface area contributed by atoms with Crippen LogP contribution in [-0.2, 0) is 28.7 Å². The number of hydrogen-bond acceptors (Lipinski definition) is 10. The Bertz CT molecular complexity index is 1980. The number of carbonyl (C=O) groups is 4. The van der Waals surface area contributed by atoms with Gasteiger partial charge < -0.3 is 20.1 Å². The number of fused-ring (bicyclic) bond motifs is 2. The third-order valence-electron chi connectivity index (χ3n) is 15.7. The van der Waals surface area contributed by atoms with Gasteiger partial charge in [0.05, 0.1) is 22.7 Å². The molecule has 0 aromatic rings. The summed E-state index contributed by atoms with van der Waals surface area (Å²) in [5, 5.41) is 7.11. The highest BCUT2D eigenvalue weighted by atomic mass is 33.1. The van der Waals surface area contributed by atoms with Gasteiger partial charge in [0, 0.05) is 54.0 Å². The van der Waals surface area contributed by atoms with Crippen molar-refractivity contribution in [1.29, 1.82) is 0 Å². The second kappa shape index (κ2) is 15.0. The lowest BCUT2D eigenvalue weighted by molar-refractivity contribution is -0.138. The lowest BCUT2D eigenvalue weighted by atomic mass is 9.43. The number of cyclic esters (lactones) is 1. The van der Waals surface area contributed by atoms with Gasteiger partial charge in [-0.15, -0.1) is 0 Å². The molecule has 1 saturated heterocycles. The molecule has 11 aliphatic rings. The lowest BCUT2D eigenvalue weighted by Gasteiger charge is -2.57. The number of imide groups is 1. The lowest BCUT2D eigenvalue weighted by Crippen LogP contribution is -2.54. The first kappa shape index (κ1) is 37.8. The van der Waals surface area contributed by atoms with Gasteiger partial charge in [-0.25, -0.2) is 9.59 Å². The number of carbonyl (C=O) groups excluding carboxylic acids is 4. The molecule has 11 heteroatoms. The monoisotopic (exact) mass is 809 g/mol. The van der Waals surface area contributed by atoms with E-state index in [1.54, 1.807) is 0 Å². The molecule has 4 fully saturated rings. The third-order valence-corrected chi connectivity index (χ3v) is 18.0. The Hall–Kier alpha value is -3.44. The molecule has 5 aliphatic heterocycles. The molecular formula is C46H55N3O6S2. The van der Waals surface area contributed by atoms with E-state index in [0.29, 0.717) is 24.0 Å². The zero-order chi connectivity index (χ0) is 38.9. The van der Waals surface area contributed by atoms with Crippen LogP contribution >= 0.6 is 21.6 Å². The van der Waals surface area contributed by atoms with Crippen molar-refractivity contribution in [1.82, 2.24) is 15.5 Å². The van der Waals surface area contributed by atoms with Crippen LogP contribution in [0.3, 0.4) is 0 Å². The number of hydrogen-bond donors (Lipinski definition) is 2. The van der Waals surface area contributed by atoms with Crippen molar-refractivity contribution in [2.45, 2.75) is 103 Å². The molecule has 0 aromatic carbocycles. The van der Waals surface area contributed by atoms with Gasteiger partial charge in [-0.3, -0.25) is 14.5 Å². The van der Waals surface area contributed by atoms with E-state index in [4.69, 9.17) is 9.47 Å². The molecule has 9 nitrogen and oxygen atoms in total. The van der Waals surface area contributed by atoms with Crippen molar-refractivity contribution in [3.8, 4) is 0 Å². The fourth-order valence-electron chi connectivity index (χ4n) is 12.9. The Labute approximate surface area is 344 Å². The number of esters is 2. The van der Waals surface area contributed by atoms with E-state index in [2.05, 4.69) is 41.9 Å². The molecular weight excluding hydrogens is 755 g/mol. The largest absolute Gasteiger partial charge is 0.427 e. The summed E-state index contributed by atoms with van der Waals surface area (Å²) in [6, 6.07) is 0. The van der Waals surface area contributed by atoms with Crippen LogP contribution in [0.4, 0.5) is 0 Å². The Morgan fingerprint density at radius 3 is 2.47 bits per heavy atom. The minimum atomic E-state index is -0.818. The number of allylic oxidation sites excluding steroid dienone is 5. The third kappa shape index (κ3) is 6.26. The number of amides is 2. The summed E-state index contributed by atoms with van der Waals surface area (Å²) in [5.41, 5.74) is 3.73. The van der Waals surface area contributed by atoms with Gasteiger partial charge in [0.1, 0.15) is 11.5 Å². The van der Waals surface area contributed by atoms with Crippen LogP contribution < -0.4 is 10.6 Å². The van der Waals surface area contributed by atoms with Crippen LogP contribution in [0.5, 0.6) is 0 Å². The van der Waals surface area contributed by atoms with Gasteiger partial charge in [-0.1, -0.05) is 79.5 Å². The number of dihydropyridines is 1. The fraction of sp³-hybridized carbons (Fsp3) is 0.609. The maximum absolute atomic E-state index is 14.9. The zero-order valence-corrected chi connectivity index (χ0v) is 34.7. The van der Waals surface area contributed by atoms with Crippen molar-refractivity contribution >= 4 is 45.3 Å². The maximum atomic E-state index is 14.9. The molecule has 57 heavy (non-hydrogen) atoms. The summed E-state index contributed by atoms with van der Waals surface area (Å²) in [4.78, 5) is 57.2. The van der Waals surface area contributed by atoms with E-state index in [0.717, 1.165) is 103 Å². The Morgan fingerprint density at radius 2 is 1.68 bits per heavy atom. The molecule has 1 spiro atoms. The fourth-order valence-corrected chi connectivity index (χ4v) is 15.2. The molecule has 6 atom stereocenters. The number of rotatable bonds is 5. The van der Waals surface area contributed by atoms with Crippen molar-refractivity contribution < 1.29 is 28.7 Å². The summed E-state index contributed by atoms with van der Waals surface area (Å²) in [7, 11) is 3.75. The highest BCUT2D eigenvalue weighted by molar-refractivity contribution is 8.76. The molecule has 6 unspecified atom stereocenters. The number of nitrogens with one attached hydrogen (secondary N) is 2. The summed E-state index contributed by atoms with van der Waals surface area (Å²) in [6.45, 7) is 2.98. The second-order valence-electron chi connectivity index (χ2n) is 18.2. The predicted octanol–water partition coefficient (Wildman–Crippen LogP) is 8.31. The zero-order valence-electron chi connectivity index (χ0n) is 33.1. The molecule has 2 N–H and O–H groups in total. The standard InChI is InChI=1S/C46H55N3O6S2/c1-2-45(18-6-7-19-45)23-34-32-12-11-31-30-16-20-46(41(31)40(32)43(52)54-34)35-13-10-29(27-8-4-3-5-9-27)25-56-57-26-48-36-22-28(17-21-47-36)33(39(30)42(46)44(53)55-35)24-49-37(50)14-15-38(49)51/h13-15,17,22-23,27,29-31,33,41,47-48H,2-12,16,18-21,24-26H2,1H3. The quantitative estimate of drug-likeness (QED) is 0.160. The van der Waals surface area contributed by atoms with Crippen LogP contribution in [0, 0.1) is 46.3 Å². The molecule has 11 rings (SSSR count). The van der Waals surface area contributed by atoms with Crippen LogP contribution in [0.2, 0.25) is 0 Å². The van der Waals surface area contributed by atoms with Crippen molar-refractivity contribution in [3.63, 3.8) is 0 Å². The van der Waals surface area contributed by atoms with Gasteiger partial charge in [-0.2, -0.15) is 0 Å². The Morgan fingerprint density at radius 1 is 0.877 bits per heavy atom. The van der Waals surface area contributed by atoms with E-state index in [1.165, 1.54) is 62.0 Å². The molecule has 2 amide bonds. The Kier molecular flexibility index (Phi) is 9.94. The Balaban J connectivity index is 1.16. The summed E-state index contributed by atoms with van der Waals surface area (Å²) < 4.78 is 13.0. The minimum absolute atomic E-state index is 0.0161. The van der Waals surface area contributed by atoms with E-state index in [1.807, 2.05) is 21.6 Å². The van der Waals surface area contributed by atoms with Crippen molar-refractivity contribution in [2.24, 2.45) is 46.3 Å². The molecule has 7 bridgehead atoms. The molecule has 0 aromatic heterocycles. The average molecular weight is 810 g/mol. The van der Waals surface area contributed by atoms with Crippen molar-refractivity contribution in [3.05, 3.63) is 81.7 Å². The molecule has 0 radical (unpaired) electrons. The highest BCUT2D eigenvalue weighted by Crippen LogP contribution is 2.71. The van der Waals surface area contributed by atoms with Crippen molar-refractivity contribution in [2.75, 3.05) is 24.7 Å². The van der Waals surface area contributed by atoms with Gasteiger partial charge in [-0.05, 0) is 110 Å². The van der Waals surface area contributed by atoms with Gasteiger partial charge in [0.2, 0.25) is 0 Å². The first-order chi connectivity index (χ1) is 27.8. The minimum Gasteiger partial charge on any atom is -0.427 e. The summed E-state index contributed by atoms with van der Waals surface area (Å²) >= 11 is 0. The first-order valence-electron chi connectivity index (χ1n) is 21.8. The maximum Gasteiger partial charge on any atom is 0.340 e. The van der Waals surface area contributed by atoms with Gasteiger partial charge >= 0.3 is 11.9 Å². The summed E-state index contributed by atoms with van der Waals surface area (Å²) in [6.07, 6.45) is 27.5. The molecule has 5 heterocycles. The average Bonchev–Trinajstić information content (AvgIpc) is 3.99. The number of nitrogens with zero attached hydrogens (tertiary/aromatic N) is 1. The van der Waals surface area contributed by atoms with E-state index in [9.17, 15) is 19.2 Å². The van der Waals surface area contributed by atoms with Crippen LogP contribution in [0.25, 0.3) is 0 Å². The topological polar surface area (TPSA) is 114 Å². The normalized spacial score (nSPS) is 35.7. The van der Waals surface area contributed by atoms with Gasteiger partial charge in [0.15, 0.2) is 0 Å². The second-order valence-corrected chi connectivity index (χ2v) is 20.7. The van der Waals surface area contributed by atoms with Crippen LogP contribution in [-0.4, -0.2) is 53.4 Å².